The summed E-state index contributed by atoms with van der Waals surface area (Å²) in [4.78, 5) is 4.99. The topological polar surface area (TPSA) is 32.8 Å². The van der Waals surface area contributed by atoms with E-state index in [1.165, 1.54) is 66.8 Å². The van der Waals surface area contributed by atoms with E-state index in [9.17, 15) is 0 Å². The van der Waals surface area contributed by atoms with Crippen LogP contribution in [0.15, 0.2) is 421 Å². The van der Waals surface area contributed by atoms with Crippen LogP contribution < -0.4 is 9.80 Å². The van der Waals surface area contributed by atoms with Gasteiger partial charge in [-0.1, -0.05) is 315 Å². The molecular formula is C114H80N2O2. The Morgan fingerprint density at radius 3 is 0.890 bits per heavy atom. The molecule has 0 radical (unpaired) electrons. The van der Waals surface area contributed by atoms with Gasteiger partial charge in [-0.25, -0.2) is 0 Å². The zero-order chi connectivity index (χ0) is 78.7. The Kier molecular flexibility index (Phi) is 16.6. The van der Waals surface area contributed by atoms with E-state index in [1.807, 2.05) is 12.1 Å². The Labute approximate surface area is 687 Å². The highest BCUT2D eigenvalue weighted by Gasteiger charge is 2.48. The van der Waals surface area contributed by atoms with Crippen molar-refractivity contribution >= 4 is 78.0 Å². The SMILES string of the molecule is Cc1cc(-c2ccc(N(c3ccc(-c4ccc5c(c4)C(c4ccccc4)(c4ccccc4)c4ccccc4-5)cc3)c3c(C)cccc3-c3ccc4oc5ccccc5c4c3)c(C)c2)ccc1N(c1ccc(-c2ccc3c(c2)C(c2ccccc2)(c2ccccc2)c2ccccc2-3)cc1)c1c(C)cccc1-c1ccc2oc3ccccc3c2c1. The number of benzene rings is 18. The molecule has 0 fully saturated rings. The first-order chi connectivity index (χ1) is 58.1. The van der Waals surface area contributed by atoms with Crippen molar-refractivity contribution in [2.24, 2.45) is 0 Å². The average molecular weight is 1510 g/mol. The van der Waals surface area contributed by atoms with E-state index < -0.39 is 10.8 Å². The normalized spacial score (nSPS) is 12.9. The summed E-state index contributed by atoms with van der Waals surface area (Å²) in [6.45, 7) is 9.05. The number of hydrogen-bond donors (Lipinski definition) is 0. The molecule has 0 N–H and O–H groups in total. The van der Waals surface area contributed by atoms with Crippen LogP contribution in [-0.4, -0.2) is 0 Å². The summed E-state index contributed by atoms with van der Waals surface area (Å²) < 4.78 is 12.9. The molecule has 2 aromatic heterocycles. The summed E-state index contributed by atoms with van der Waals surface area (Å²) in [6.07, 6.45) is 0. The van der Waals surface area contributed by atoms with Crippen molar-refractivity contribution in [1.82, 2.24) is 0 Å². The minimum atomic E-state index is -0.520. The zero-order valence-electron chi connectivity index (χ0n) is 66.0. The zero-order valence-corrected chi connectivity index (χ0v) is 66.0. The number of anilines is 6. The molecule has 558 valence electrons. The van der Waals surface area contributed by atoms with Gasteiger partial charge in [0.05, 0.1) is 22.2 Å². The maximum atomic E-state index is 6.45. The highest BCUT2D eigenvalue weighted by Crippen LogP contribution is 2.60. The molecule has 0 atom stereocenters. The van der Waals surface area contributed by atoms with Crippen LogP contribution in [-0.2, 0) is 10.8 Å². The van der Waals surface area contributed by atoms with E-state index in [0.717, 1.165) is 156 Å². The number of para-hydroxylation sites is 4. The van der Waals surface area contributed by atoms with Crippen molar-refractivity contribution in [3.05, 3.63) is 479 Å². The van der Waals surface area contributed by atoms with Crippen LogP contribution in [0.1, 0.15) is 66.8 Å². The lowest BCUT2D eigenvalue weighted by atomic mass is 9.67. The second-order valence-corrected chi connectivity index (χ2v) is 31.9. The predicted molar refractivity (Wildman–Crippen MR) is 491 cm³/mol. The highest BCUT2D eigenvalue weighted by atomic mass is 16.3. The van der Waals surface area contributed by atoms with Gasteiger partial charge in [0.15, 0.2) is 0 Å². The minimum absolute atomic E-state index is 0.520. The molecule has 2 aliphatic carbocycles. The second-order valence-electron chi connectivity index (χ2n) is 31.9. The van der Waals surface area contributed by atoms with Gasteiger partial charge >= 0.3 is 0 Å². The predicted octanol–water partition coefficient (Wildman–Crippen LogP) is 30.7. The van der Waals surface area contributed by atoms with Crippen LogP contribution in [0.2, 0.25) is 0 Å². The van der Waals surface area contributed by atoms with Gasteiger partial charge in [0.25, 0.3) is 0 Å². The standard InChI is InChI=1S/C114H80N2O2/c1-73-27-25-41-91(83-55-65-109-99(69-83)97-39-19-23-45-107(97)117-109)111(73)115(89-57-47-77(48-58-89)81-51-61-95-93-37-17-21-43-101(93)113(103(95)71-81,85-29-9-5-10-30-85)86-31-11-6-12-32-86)105-63-53-79(67-75(105)3)80-54-64-106(76(4)68-80)116(112-74(2)28-26-42-92(112)84-56-66-110-100(70-84)98-40-20-24-46-108(98)118-110)90-59-49-78(50-60-90)82-52-62-96-94-38-18-22-44-102(94)114(104(96)72-82,87-33-13-7-14-34-87)88-35-15-8-16-36-88/h5-72H,1-4H3. The fourth-order valence-electron chi connectivity index (χ4n) is 20.0. The highest BCUT2D eigenvalue weighted by molar-refractivity contribution is 6.09. The lowest BCUT2D eigenvalue weighted by Crippen LogP contribution is -2.28. The van der Waals surface area contributed by atoms with Crippen molar-refractivity contribution in [3.63, 3.8) is 0 Å². The van der Waals surface area contributed by atoms with Gasteiger partial charge in [-0.2, -0.15) is 0 Å². The van der Waals surface area contributed by atoms with Crippen LogP contribution in [0.25, 0.3) is 122 Å². The van der Waals surface area contributed by atoms with E-state index in [4.69, 9.17) is 8.83 Å². The maximum Gasteiger partial charge on any atom is 0.135 e. The summed E-state index contributed by atoms with van der Waals surface area (Å²) >= 11 is 0. The van der Waals surface area contributed by atoms with Crippen LogP contribution in [0, 0.1) is 27.7 Å². The molecule has 0 amide bonds. The van der Waals surface area contributed by atoms with Crippen LogP contribution in [0.5, 0.6) is 0 Å². The van der Waals surface area contributed by atoms with Gasteiger partial charge in [0.1, 0.15) is 22.3 Å². The summed E-state index contributed by atoms with van der Waals surface area (Å²) in [5, 5.41) is 4.38. The number of hydrogen-bond acceptors (Lipinski definition) is 4. The van der Waals surface area contributed by atoms with Gasteiger partial charge in [-0.05, 0) is 258 Å². The third kappa shape index (κ3) is 11.0. The third-order valence-electron chi connectivity index (χ3n) is 25.3. The summed E-state index contributed by atoms with van der Waals surface area (Å²) in [7, 11) is 0. The molecule has 0 aliphatic heterocycles. The van der Waals surface area contributed by atoms with Crippen LogP contribution >= 0.6 is 0 Å². The molecule has 20 aromatic rings. The lowest BCUT2D eigenvalue weighted by Gasteiger charge is -2.34. The first-order valence-corrected chi connectivity index (χ1v) is 40.9. The molecule has 22 rings (SSSR count). The second kappa shape index (κ2) is 28.0. The maximum absolute atomic E-state index is 6.45. The first-order valence-electron chi connectivity index (χ1n) is 40.9. The van der Waals surface area contributed by atoms with Crippen molar-refractivity contribution in [2.75, 3.05) is 9.80 Å². The number of aryl methyl sites for hydroxylation is 4. The van der Waals surface area contributed by atoms with E-state index in [1.54, 1.807) is 0 Å². The smallest absolute Gasteiger partial charge is 0.135 e. The molecule has 4 heteroatoms. The quantitative estimate of drug-likeness (QED) is 0.102. The van der Waals surface area contributed by atoms with Crippen molar-refractivity contribution < 1.29 is 8.83 Å². The monoisotopic (exact) mass is 1510 g/mol. The van der Waals surface area contributed by atoms with Gasteiger partial charge in [0.2, 0.25) is 0 Å². The summed E-state index contributed by atoms with van der Waals surface area (Å²) in [5.41, 5.74) is 40.1. The molecular weight excluding hydrogens is 1430 g/mol. The molecule has 0 saturated carbocycles. The van der Waals surface area contributed by atoms with E-state index in [2.05, 4.69) is 438 Å². The van der Waals surface area contributed by atoms with Crippen molar-refractivity contribution in [1.29, 1.82) is 0 Å². The summed E-state index contributed by atoms with van der Waals surface area (Å²) in [6, 6.07) is 153. The number of fused-ring (bicyclic) bond motifs is 12. The Morgan fingerprint density at radius 2 is 0.500 bits per heavy atom. The van der Waals surface area contributed by atoms with Gasteiger partial charge in [0, 0.05) is 55.4 Å². The number of rotatable bonds is 15. The van der Waals surface area contributed by atoms with Crippen LogP contribution in [0.4, 0.5) is 34.1 Å². The Morgan fingerprint density at radius 1 is 0.195 bits per heavy atom. The lowest BCUT2D eigenvalue weighted by molar-refractivity contribution is 0.668. The van der Waals surface area contributed by atoms with Crippen LogP contribution in [0.3, 0.4) is 0 Å². The van der Waals surface area contributed by atoms with Crippen molar-refractivity contribution in [2.45, 2.75) is 38.5 Å². The Hall–Kier alpha value is -14.8. The number of furan rings is 2. The van der Waals surface area contributed by atoms with E-state index in [-0.39, 0.29) is 0 Å². The average Bonchev–Trinajstić information content (AvgIpc) is 1.54. The molecule has 0 bridgehead atoms. The van der Waals surface area contributed by atoms with E-state index in [0.29, 0.717) is 0 Å². The molecule has 4 nitrogen and oxygen atoms in total. The van der Waals surface area contributed by atoms with Gasteiger partial charge in [-0.15, -0.1) is 0 Å². The largest absolute Gasteiger partial charge is 0.456 e. The molecule has 2 heterocycles. The van der Waals surface area contributed by atoms with Gasteiger partial charge in [-0.3, -0.25) is 0 Å². The molecule has 0 spiro atoms. The fraction of sp³-hybridized carbons (Fsp3) is 0.0526. The molecule has 0 saturated heterocycles. The minimum Gasteiger partial charge on any atom is -0.456 e. The fourth-order valence-corrected chi connectivity index (χ4v) is 20.0. The Bertz CT molecular complexity index is 6820. The van der Waals surface area contributed by atoms with E-state index >= 15 is 0 Å². The summed E-state index contributed by atoms with van der Waals surface area (Å²) in [5.74, 6) is 0. The first kappa shape index (κ1) is 69.8. The van der Waals surface area contributed by atoms with Crippen molar-refractivity contribution in [3.8, 4) is 77.9 Å². The molecule has 0 unspecified atom stereocenters. The molecule has 118 heavy (non-hydrogen) atoms. The Balaban J connectivity index is 0.663. The van der Waals surface area contributed by atoms with Gasteiger partial charge < -0.3 is 18.6 Å². The molecule has 18 aromatic carbocycles. The third-order valence-corrected chi connectivity index (χ3v) is 25.3. The molecule has 2 aliphatic rings. The number of nitrogens with zero attached hydrogens (tertiary/aromatic N) is 2.